The summed E-state index contributed by atoms with van der Waals surface area (Å²) in [6, 6.07) is -0.954. The first-order valence-corrected chi connectivity index (χ1v) is 22.3. The molecule has 6 rings (SSSR count). The highest BCUT2D eigenvalue weighted by atomic mass is 16.7. The maximum atomic E-state index is 13.2. The number of carbonyl (C=O) groups excluding carboxylic acids is 1. The largest absolute Gasteiger partial charge is 0.481 e. The zero-order chi connectivity index (χ0) is 40.2. The number of hydrogen-bond acceptors (Lipinski definition) is 7. The van der Waals surface area contributed by atoms with Crippen molar-refractivity contribution in [1.82, 2.24) is 5.32 Å². The van der Waals surface area contributed by atoms with E-state index in [9.17, 15) is 30.0 Å². The number of carboxylic acid groups (broad SMARTS) is 1. The maximum Gasteiger partial charge on any atom is 0.310 e. The molecule has 0 bridgehead atoms. The first kappa shape index (κ1) is 43.1. The Morgan fingerprint density at radius 2 is 1.53 bits per heavy atom. The Balaban J connectivity index is 1.19. The van der Waals surface area contributed by atoms with Gasteiger partial charge in [-0.3, -0.25) is 9.59 Å². The van der Waals surface area contributed by atoms with E-state index in [-0.39, 0.29) is 45.0 Å². The van der Waals surface area contributed by atoms with E-state index in [1.807, 2.05) is 0 Å². The molecule has 1 aliphatic heterocycles. The third-order valence-electron chi connectivity index (χ3n) is 17.5. The van der Waals surface area contributed by atoms with Gasteiger partial charge in [0, 0.05) is 6.42 Å². The van der Waals surface area contributed by atoms with Crippen molar-refractivity contribution in [2.75, 3.05) is 6.61 Å². The van der Waals surface area contributed by atoms with Gasteiger partial charge >= 0.3 is 5.97 Å². The molecule has 1 saturated heterocycles. The number of fused-ring (bicyclic) bond motifs is 7. The number of aliphatic hydroxyl groups excluding tert-OH is 3. The molecule has 5 aliphatic carbocycles. The van der Waals surface area contributed by atoms with Crippen LogP contribution in [0.5, 0.6) is 0 Å². The van der Waals surface area contributed by atoms with Gasteiger partial charge in [-0.05, 0) is 115 Å². The molecule has 6 aliphatic rings. The summed E-state index contributed by atoms with van der Waals surface area (Å²) in [5.74, 6) is 0.103. The van der Waals surface area contributed by atoms with Crippen LogP contribution in [0.15, 0.2) is 11.6 Å². The summed E-state index contributed by atoms with van der Waals surface area (Å²) in [4.78, 5) is 26.3. The minimum atomic E-state index is -1.35. The molecule has 55 heavy (non-hydrogen) atoms. The molecule has 0 aromatic carbocycles. The molecule has 0 aromatic heterocycles. The summed E-state index contributed by atoms with van der Waals surface area (Å²) in [5, 5.41) is 45.9. The number of nitrogens with one attached hydrogen (secondary N) is 1. The Hall–Kier alpha value is -1.52. The average Bonchev–Trinajstić information content (AvgIpc) is 3.11. The van der Waals surface area contributed by atoms with Gasteiger partial charge in [0.05, 0.1) is 18.1 Å². The van der Waals surface area contributed by atoms with Crippen LogP contribution in [0.25, 0.3) is 0 Å². The van der Waals surface area contributed by atoms with Crippen LogP contribution in [0.4, 0.5) is 0 Å². The summed E-state index contributed by atoms with van der Waals surface area (Å²) in [5.41, 5.74) is 0.705. The second kappa shape index (κ2) is 15.9. The number of hydrogen-bond donors (Lipinski definition) is 5. The Kier molecular flexibility index (Phi) is 12.5. The fraction of sp³-hybridized carbons (Fsp3) is 0.913. The van der Waals surface area contributed by atoms with Crippen molar-refractivity contribution in [1.29, 1.82) is 0 Å². The summed E-state index contributed by atoms with van der Waals surface area (Å²) in [6.07, 6.45) is 14.8. The number of unbranched alkanes of at least 4 members (excludes halogenated alkanes) is 6. The number of carbonyl (C=O) groups is 2. The van der Waals surface area contributed by atoms with Crippen molar-refractivity contribution >= 4 is 11.9 Å². The lowest BCUT2D eigenvalue weighted by molar-refractivity contribution is -0.306. The van der Waals surface area contributed by atoms with E-state index in [2.05, 4.69) is 66.8 Å². The second-order valence-electron chi connectivity index (χ2n) is 21.3. The van der Waals surface area contributed by atoms with Crippen LogP contribution >= 0.6 is 0 Å². The van der Waals surface area contributed by atoms with Gasteiger partial charge in [0.25, 0.3) is 0 Å². The van der Waals surface area contributed by atoms with E-state index in [0.717, 1.165) is 83.5 Å². The smallest absolute Gasteiger partial charge is 0.310 e. The predicted molar refractivity (Wildman–Crippen MR) is 214 cm³/mol. The van der Waals surface area contributed by atoms with E-state index in [1.54, 1.807) is 0 Å². The molecule has 314 valence electrons. The van der Waals surface area contributed by atoms with Gasteiger partial charge in [-0.1, -0.05) is 106 Å². The van der Waals surface area contributed by atoms with E-state index in [0.29, 0.717) is 18.3 Å². The molecule has 5 fully saturated rings. The summed E-state index contributed by atoms with van der Waals surface area (Å²) < 4.78 is 13.1. The molecule has 0 unspecified atom stereocenters. The molecule has 9 heteroatoms. The van der Waals surface area contributed by atoms with Crippen molar-refractivity contribution in [3.63, 3.8) is 0 Å². The number of aliphatic hydroxyl groups is 3. The topological polar surface area (TPSA) is 146 Å². The summed E-state index contributed by atoms with van der Waals surface area (Å²) in [6.45, 7) is 18.6. The molecule has 0 radical (unpaired) electrons. The Labute approximate surface area is 332 Å². The molecule has 5 N–H and O–H groups in total. The van der Waals surface area contributed by atoms with Crippen LogP contribution in [0.2, 0.25) is 0 Å². The van der Waals surface area contributed by atoms with Crippen molar-refractivity contribution in [2.45, 2.75) is 208 Å². The van der Waals surface area contributed by atoms with Gasteiger partial charge in [0.15, 0.2) is 6.29 Å². The standard InChI is InChI=1S/C46H77NO8/c1-9-10-11-12-13-14-15-16-35(49)47-36-38(51)37(50)31(28-48)54-39(36)55-34-20-21-43(6)32(42(34,4)5)19-22-45(8)33(43)18-17-29-30-27-41(2,3)23-25-46(30,40(52)53)26-24-44(29,45)7/h17,30-34,36-39,48,50-51H,9-16,18-28H2,1-8H3,(H,47,49)(H,52,53)/t30-,31+,32-,33+,34-,36+,37+,38+,39-,43-,44+,45+,46-/m0/s1. The quantitative estimate of drug-likeness (QED) is 0.0714. The van der Waals surface area contributed by atoms with Gasteiger partial charge in [0.1, 0.15) is 24.4 Å². The number of amides is 1. The molecular weight excluding hydrogens is 695 g/mol. The van der Waals surface area contributed by atoms with Gasteiger partial charge in [-0.15, -0.1) is 0 Å². The Bertz CT molecular complexity index is 1430. The first-order chi connectivity index (χ1) is 25.8. The Morgan fingerprint density at radius 3 is 2.20 bits per heavy atom. The molecule has 13 atom stereocenters. The van der Waals surface area contributed by atoms with E-state index in [1.165, 1.54) is 31.3 Å². The first-order valence-electron chi connectivity index (χ1n) is 22.3. The molecule has 1 heterocycles. The van der Waals surface area contributed by atoms with Gasteiger partial charge in [-0.25, -0.2) is 0 Å². The van der Waals surface area contributed by atoms with Gasteiger partial charge in [-0.2, -0.15) is 0 Å². The maximum absolute atomic E-state index is 13.2. The van der Waals surface area contributed by atoms with Crippen molar-refractivity contribution in [2.24, 2.45) is 50.2 Å². The lowest BCUT2D eigenvalue weighted by Crippen LogP contribution is -2.67. The molecule has 0 spiro atoms. The molecular formula is C46H77NO8. The van der Waals surface area contributed by atoms with Crippen LogP contribution < -0.4 is 5.32 Å². The highest BCUT2D eigenvalue weighted by Gasteiger charge is 2.69. The second-order valence-corrected chi connectivity index (χ2v) is 21.3. The van der Waals surface area contributed by atoms with E-state index >= 15 is 0 Å². The monoisotopic (exact) mass is 772 g/mol. The summed E-state index contributed by atoms with van der Waals surface area (Å²) >= 11 is 0. The zero-order valence-corrected chi connectivity index (χ0v) is 35.6. The van der Waals surface area contributed by atoms with Crippen LogP contribution in [-0.2, 0) is 19.1 Å². The fourth-order valence-electron chi connectivity index (χ4n) is 13.9. The lowest BCUT2D eigenvalue weighted by atomic mass is 9.33. The van der Waals surface area contributed by atoms with E-state index in [4.69, 9.17) is 9.47 Å². The molecule has 9 nitrogen and oxygen atoms in total. The summed E-state index contributed by atoms with van der Waals surface area (Å²) in [7, 11) is 0. The fourth-order valence-corrected chi connectivity index (χ4v) is 13.9. The van der Waals surface area contributed by atoms with E-state index < -0.39 is 48.6 Å². The molecule has 4 saturated carbocycles. The van der Waals surface area contributed by atoms with Crippen LogP contribution in [0.1, 0.15) is 171 Å². The van der Waals surface area contributed by atoms with Gasteiger partial charge < -0.3 is 35.2 Å². The van der Waals surface area contributed by atoms with Crippen LogP contribution in [0, 0.1) is 50.2 Å². The lowest BCUT2D eigenvalue weighted by Gasteiger charge is -2.71. The van der Waals surface area contributed by atoms with Crippen LogP contribution in [-0.4, -0.2) is 75.7 Å². The third kappa shape index (κ3) is 7.39. The minimum Gasteiger partial charge on any atom is -0.481 e. The Morgan fingerprint density at radius 1 is 0.855 bits per heavy atom. The highest BCUT2D eigenvalue weighted by Crippen LogP contribution is 2.76. The minimum absolute atomic E-state index is 0.0372. The number of rotatable bonds is 13. The van der Waals surface area contributed by atoms with Gasteiger partial charge in [0.2, 0.25) is 5.91 Å². The SMILES string of the molecule is CCCCCCCCCC(=O)N[C@H]1[C@H](O[C@H]2CC[C@]3(C)[C@H]4CC=C5[C@@H]6CC(C)(C)CC[C@]6(C(=O)O)CC[C@@]5(C)[C@]4(C)CC[C@H]3C2(C)C)O[C@H](CO)[C@@H](O)[C@@H]1O. The van der Waals surface area contributed by atoms with Crippen molar-refractivity contribution in [3.05, 3.63) is 11.6 Å². The molecule has 1 amide bonds. The number of carboxylic acids is 1. The van der Waals surface area contributed by atoms with Crippen molar-refractivity contribution < 1.29 is 39.5 Å². The number of ether oxygens (including phenoxy) is 2. The number of allylic oxidation sites excluding steroid dienone is 2. The predicted octanol–water partition coefficient (Wildman–Crippen LogP) is 8.32. The van der Waals surface area contributed by atoms with Crippen molar-refractivity contribution in [3.8, 4) is 0 Å². The third-order valence-corrected chi connectivity index (χ3v) is 17.5. The zero-order valence-electron chi connectivity index (χ0n) is 35.6. The average molecular weight is 772 g/mol. The highest BCUT2D eigenvalue weighted by molar-refractivity contribution is 5.77. The van der Waals surface area contributed by atoms with Crippen LogP contribution in [0.3, 0.4) is 0 Å². The number of aliphatic carboxylic acids is 1. The molecule has 0 aromatic rings. The normalized spacial score (nSPS) is 44.6.